The molecule has 0 aliphatic carbocycles. The predicted molar refractivity (Wildman–Crippen MR) is 71.1 cm³/mol. The molecule has 1 fully saturated rings. The molecule has 0 spiro atoms. The van der Waals surface area contributed by atoms with Crippen LogP contribution in [0.4, 0.5) is 0 Å². The Morgan fingerprint density at radius 3 is 2.68 bits per heavy atom. The fourth-order valence-electron chi connectivity index (χ4n) is 2.27. The molecule has 2 atom stereocenters. The topological polar surface area (TPSA) is 62.3 Å². The molecule has 5 heteroatoms. The quantitative estimate of drug-likeness (QED) is 0.887. The van der Waals surface area contributed by atoms with E-state index in [9.17, 15) is 9.59 Å². The summed E-state index contributed by atoms with van der Waals surface area (Å²) in [4.78, 5) is 29.9. The van der Waals surface area contributed by atoms with Crippen molar-refractivity contribution < 1.29 is 9.59 Å². The summed E-state index contributed by atoms with van der Waals surface area (Å²) in [6, 6.07) is 3.18. The average Bonchev–Trinajstić information content (AvgIpc) is 2.41. The van der Waals surface area contributed by atoms with Gasteiger partial charge in [0.2, 0.25) is 11.8 Å². The Labute approximate surface area is 113 Å². The molecule has 19 heavy (non-hydrogen) atoms. The summed E-state index contributed by atoms with van der Waals surface area (Å²) >= 11 is 0. The van der Waals surface area contributed by atoms with Crippen molar-refractivity contribution in [2.75, 3.05) is 6.54 Å². The number of pyridine rings is 1. The minimum atomic E-state index is -0.430. The molecule has 0 radical (unpaired) electrons. The molecule has 1 aromatic heterocycles. The summed E-state index contributed by atoms with van der Waals surface area (Å²) in [6.07, 6.45) is 3.42. The number of rotatable bonds is 3. The molecule has 1 aromatic rings. The average molecular weight is 261 g/mol. The van der Waals surface area contributed by atoms with Crippen LogP contribution in [0, 0.1) is 5.92 Å². The van der Waals surface area contributed by atoms with Crippen LogP contribution < -0.4 is 5.32 Å². The van der Waals surface area contributed by atoms with Crippen LogP contribution >= 0.6 is 0 Å². The van der Waals surface area contributed by atoms with Gasteiger partial charge in [-0.25, -0.2) is 0 Å². The van der Waals surface area contributed by atoms with E-state index < -0.39 is 6.04 Å². The molecule has 0 bridgehead atoms. The third-order valence-corrected chi connectivity index (χ3v) is 3.48. The van der Waals surface area contributed by atoms with Crippen LogP contribution in [0.1, 0.15) is 32.4 Å². The standard InChI is InChI=1S/C14H19N3O2/c1-9(2)13-14(19)17(8-12(18)16-13)10(3)11-5-4-6-15-7-11/h4-7,9-10,13H,8H2,1-3H3,(H,16,18). The number of nitrogens with zero attached hydrogens (tertiary/aromatic N) is 2. The second kappa shape index (κ2) is 5.38. The molecule has 102 valence electrons. The highest BCUT2D eigenvalue weighted by Gasteiger charge is 2.37. The normalized spacial score (nSPS) is 21.5. The van der Waals surface area contributed by atoms with Crippen molar-refractivity contribution in [1.29, 1.82) is 0 Å². The Morgan fingerprint density at radius 2 is 2.11 bits per heavy atom. The van der Waals surface area contributed by atoms with E-state index in [1.165, 1.54) is 0 Å². The molecule has 0 aromatic carbocycles. The first-order valence-corrected chi connectivity index (χ1v) is 6.50. The van der Waals surface area contributed by atoms with Gasteiger partial charge in [-0.05, 0) is 24.5 Å². The number of amides is 2. The number of carbonyl (C=O) groups excluding carboxylic acids is 2. The maximum atomic E-state index is 12.4. The number of carbonyl (C=O) groups is 2. The molecule has 2 rings (SSSR count). The van der Waals surface area contributed by atoms with E-state index in [0.29, 0.717) is 0 Å². The van der Waals surface area contributed by atoms with Crippen molar-refractivity contribution in [3.8, 4) is 0 Å². The van der Waals surface area contributed by atoms with Gasteiger partial charge in [-0.1, -0.05) is 19.9 Å². The number of nitrogens with one attached hydrogen (secondary N) is 1. The first-order valence-electron chi connectivity index (χ1n) is 6.50. The molecule has 0 saturated carbocycles. The van der Waals surface area contributed by atoms with Gasteiger partial charge >= 0.3 is 0 Å². The lowest BCUT2D eigenvalue weighted by molar-refractivity contribution is -0.147. The molecule has 1 aliphatic rings. The van der Waals surface area contributed by atoms with Gasteiger partial charge in [-0.3, -0.25) is 14.6 Å². The fraction of sp³-hybridized carbons (Fsp3) is 0.500. The minimum Gasteiger partial charge on any atom is -0.343 e. The molecule has 1 N–H and O–H groups in total. The third kappa shape index (κ3) is 2.75. The first-order chi connectivity index (χ1) is 9.00. The van der Waals surface area contributed by atoms with E-state index >= 15 is 0 Å². The zero-order valence-electron chi connectivity index (χ0n) is 11.5. The maximum Gasteiger partial charge on any atom is 0.246 e. The molecular formula is C14H19N3O2. The molecule has 5 nitrogen and oxygen atoms in total. The zero-order valence-corrected chi connectivity index (χ0v) is 11.5. The van der Waals surface area contributed by atoms with Gasteiger partial charge in [0, 0.05) is 12.4 Å². The molecule has 1 saturated heterocycles. The van der Waals surface area contributed by atoms with Crippen LogP contribution in [0.2, 0.25) is 0 Å². The largest absolute Gasteiger partial charge is 0.343 e. The fourth-order valence-corrected chi connectivity index (χ4v) is 2.27. The number of hydrogen-bond acceptors (Lipinski definition) is 3. The number of aromatic nitrogens is 1. The van der Waals surface area contributed by atoms with Crippen LogP contribution in [0.5, 0.6) is 0 Å². The molecule has 1 aliphatic heterocycles. The molecule has 2 heterocycles. The van der Waals surface area contributed by atoms with Gasteiger partial charge in [0.1, 0.15) is 12.6 Å². The van der Waals surface area contributed by atoms with Gasteiger partial charge in [0.15, 0.2) is 0 Å². The highest BCUT2D eigenvalue weighted by Crippen LogP contribution is 2.23. The summed E-state index contributed by atoms with van der Waals surface area (Å²) in [7, 11) is 0. The Morgan fingerprint density at radius 1 is 1.37 bits per heavy atom. The smallest absolute Gasteiger partial charge is 0.246 e. The van der Waals surface area contributed by atoms with Crippen molar-refractivity contribution in [3.63, 3.8) is 0 Å². The van der Waals surface area contributed by atoms with Gasteiger partial charge < -0.3 is 10.2 Å². The summed E-state index contributed by atoms with van der Waals surface area (Å²) < 4.78 is 0. The van der Waals surface area contributed by atoms with Crippen LogP contribution in [-0.4, -0.2) is 34.3 Å². The van der Waals surface area contributed by atoms with Crippen LogP contribution in [0.25, 0.3) is 0 Å². The summed E-state index contributed by atoms with van der Waals surface area (Å²) in [5.41, 5.74) is 0.938. The Bertz CT molecular complexity index is 473. The van der Waals surface area contributed by atoms with Gasteiger partial charge in [0.05, 0.1) is 6.04 Å². The van der Waals surface area contributed by atoms with Crippen LogP contribution in [0.15, 0.2) is 24.5 Å². The summed E-state index contributed by atoms with van der Waals surface area (Å²) in [5.74, 6) is -0.0414. The highest BCUT2D eigenvalue weighted by molar-refractivity contribution is 5.95. The SMILES string of the molecule is CC(C)C1NC(=O)CN(C(C)c2cccnc2)C1=O. The predicted octanol–water partition coefficient (Wildman–Crippen LogP) is 1.13. The maximum absolute atomic E-state index is 12.4. The van der Waals surface area contributed by atoms with E-state index in [-0.39, 0.29) is 30.3 Å². The van der Waals surface area contributed by atoms with Gasteiger partial charge in [0.25, 0.3) is 0 Å². The summed E-state index contributed by atoms with van der Waals surface area (Å²) in [5, 5.41) is 2.76. The van der Waals surface area contributed by atoms with Crippen molar-refractivity contribution >= 4 is 11.8 Å². The number of piperazine rings is 1. The van der Waals surface area contributed by atoms with Gasteiger partial charge in [-0.15, -0.1) is 0 Å². The molecular weight excluding hydrogens is 242 g/mol. The van der Waals surface area contributed by atoms with E-state index in [4.69, 9.17) is 0 Å². The van der Waals surface area contributed by atoms with Crippen molar-refractivity contribution in [3.05, 3.63) is 30.1 Å². The zero-order chi connectivity index (χ0) is 14.0. The van der Waals surface area contributed by atoms with Crippen molar-refractivity contribution in [2.45, 2.75) is 32.9 Å². The minimum absolute atomic E-state index is 0.0223. The first kappa shape index (κ1) is 13.5. The van der Waals surface area contributed by atoms with E-state index in [1.807, 2.05) is 32.9 Å². The lowest BCUT2D eigenvalue weighted by Crippen LogP contribution is -2.60. The van der Waals surface area contributed by atoms with Crippen molar-refractivity contribution in [1.82, 2.24) is 15.2 Å². The third-order valence-electron chi connectivity index (χ3n) is 3.48. The van der Waals surface area contributed by atoms with Crippen LogP contribution in [-0.2, 0) is 9.59 Å². The second-order valence-electron chi connectivity index (χ2n) is 5.22. The Hall–Kier alpha value is -1.91. The van der Waals surface area contributed by atoms with E-state index in [1.54, 1.807) is 17.3 Å². The Kier molecular flexibility index (Phi) is 3.83. The number of hydrogen-bond donors (Lipinski definition) is 1. The van der Waals surface area contributed by atoms with E-state index in [2.05, 4.69) is 10.3 Å². The van der Waals surface area contributed by atoms with Gasteiger partial charge in [-0.2, -0.15) is 0 Å². The molecule has 2 amide bonds. The highest BCUT2D eigenvalue weighted by atomic mass is 16.2. The second-order valence-corrected chi connectivity index (χ2v) is 5.22. The van der Waals surface area contributed by atoms with E-state index in [0.717, 1.165) is 5.56 Å². The monoisotopic (exact) mass is 261 g/mol. The lowest BCUT2D eigenvalue weighted by Gasteiger charge is -2.38. The Balaban J connectivity index is 2.23. The van der Waals surface area contributed by atoms with Crippen molar-refractivity contribution in [2.24, 2.45) is 5.92 Å². The summed E-state index contributed by atoms with van der Waals surface area (Å²) in [6.45, 7) is 5.89. The van der Waals surface area contributed by atoms with Crippen LogP contribution in [0.3, 0.4) is 0 Å². The molecule has 2 unspecified atom stereocenters. The lowest BCUT2D eigenvalue weighted by atomic mass is 9.98.